The van der Waals surface area contributed by atoms with Crippen LogP contribution in [0.2, 0.25) is 10.0 Å². The number of hydrogen-bond acceptors (Lipinski definition) is 2. The van der Waals surface area contributed by atoms with Crippen LogP contribution >= 0.6 is 23.2 Å². The van der Waals surface area contributed by atoms with Crippen LogP contribution in [0.3, 0.4) is 0 Å². The minimum Gasteiger partial charge on any atom is -0.506 e. The molecule has 6 heteroatoms. The van der Waals surface area contributed by atoms with Crippen molar-refractivity contribution < 1.29 is 9.50 Å². The lowest BCUT2D eigenvalue weighted by atomic mass is 10.00. The molecule has 4 aromatic rings. The summed E-state index contributed by atoms with van der Waals surface area (Å²) < 4.78 is 16.4. The number of hydrogen-bond donors (Lipinski definition) is 1. The van der Waals surface area contributed by atoms with Gasteiger partial charge in [0.15, 0.2) is 0 Å². The van der Waals surface area contributed by atoms with Crippen LogP contribution in [0, 0.1) is 5.82 Å². The molecule has 0 bridgehead atoms. The quantitative estimate of drug-likeness (QED) is 0.483. The molecule has 0 unspecified atom stereocenters. The smallest absolute Gasteiger partial charge is 0.142 e. The van der Waals surface area contributed by atoms with Crippen molar-refractivity contribution in [3.8, 4) is 16.9 Å². The zero-order valence-electron chi connectivity index (χ0n) is 12.5. The molecule has 0 aliphatic rings. The summed E-state index contributed by atoms with van der Waals surface area (Å²) in [6.45, 7) is 0. The third kappa shape index (κ3) is 2.07. The van der Waals surface area contributed by atoms with E-state index in [1.54, 1.807) is 35.0 Å². The van der Waals surface area contributed by atoms with Gasteiger partial charge < -0.3 is 9.67 Å². The van der Waals surface area contributed by atoms with Crippen molar-refractivity contribution in [1.82, 2.24) is 9.55 Å². The number of fused-ring (bicyclic) bond motifs is 3. The number of benzene rings is 2. The van der Waals surface area contributed by atoms with Gasteiger partial charge in [-0.3, -0.25) is 4.98 Å². The van der Waals surface area contributed by atoms with E-state index in [0.717, 1.165) is 10.9 Å². The Morgan fingerprint density at radius 3 is 2.71 bits per heavy atom. The topological polar surface area (TPSA) is 38.0 Å². The van der Waals surface area contributed by atoms with Crippen molar-refractivity contribution in [3.63, 3.8) is 0 Å². The van der Waals surface area contributed by atoms with Crippen LogP contribution < -0.4 is 0 Å². The van der Waals surface area contributed by atoms with E-state index in [2.05, 4.69) is 4.98 Å². The lowest BCUT2D eigenvalue weighted by Crippen LogP contribution is -1.94. The van der Waals surface area contributed by atoms with Gasteiger partial charge in [-0.2, -0.15) is 0 Å². The summed E-state index contributed by atoms with van der Waals surface area (Å²) in [5, 5.41) is 12.0. The highest BCUT2D eigenvalue weighted by Gasteiger charge is 2.18. The molecule has 2 heterocycles. The summed E-state index contributed by atoms with van der Waals surface area (Å²) >= 11 is 12.4. The van der Waals surface area contributed by atoms with Crippen molar-refractivity contribution in [3.05, 3.63) is 58.6 Å². The second kappa shape index (κ2) is 5.36. The fraction of sp³-hybridized carbons (Fsp3) is 0.0556. The fourth-order valence-electron chi connectivity index (χ4n) is 3.07. The summed E-state index contributed by atoms with van der Waals surface area (Å²) in [6.07, 6.45) is 3.13. The van der Waals surface area contributed by atoms with Gasteiger partial charge in [0.2, 0.25) is 0 Å². The van der Waals surface area contributed by atoms with E-state index < -0.39 is 5.82 Å². The number of halogens is 3. The molecular weight excluding hydrogens is 350 g/mol. The molecule has 24 heavy (non-hydrogen) atoms. The van der Waals surface area contributed by atoms with Crippen LogP contribution in [0.4, 0.5) is 4.39 Å². The van der Waals surface area contributed by atoms with Crippen LogP contribution in [0.1, 0.15) is 0 Å². The molecule has 1 N–H and O–H groups in total. The van der Waals surface area contributed by atoms with Crippen molar-refractivity contribution >= 4 is 45.0 Å². The van der Waals surface area contributed by atoms with E-state index in [1.165, 1.54) is 12.3 Å². The van der Waals surface area contributed by atoms with Crippen LogP contribution in [0.15, 0.2) is 42.7 Å². The van der Waals surface area contributed by atoms with Crippen LogP contribution in [-0.4, -0.2) is 14.7 Å². The molecule has 0 saturated carbocycles. The molecule has 0 atom stereocenters. The third-order valence-electron chi connectivity index (χ3n) is 4.13. The predicted octanol–water partition coefficient (Wildman–Crippen LogP) is 5.55. The first-order chi connectivity index (χ1) is 11.5. The Morgan fingerprint density at radius 2 is 1.92 bits per heavy atom. The maximum Gasteiger partial charge on any atom is 0.142 e. The highest BCUT2D eigenvalue weighted by atomic mass is 35.5. The van der Waals surface area contributed by atoms with Gasteiger partial charge in [-0.25, -0.2) is 4.39 Å². The average Bonchev–Trinajstić information content (AvgIpc) is 2.85. The van der Waals surface area contributed by atoms with Crippen LogP contribution in [0.5, 0.6) is 5.75 Å². The lowest BCUT2D eigenvalue weighted by Gasteiger charge is -2.11. The van der Waals surface area contributed by atoms with Gasteiger partial charge in [0.1, 0.15) is 11.6 Å². The highest BCUT2D eigenvalue weighted by Crippen LogP contribution is 2.40. The van der Waals surface area contributed by atoms with Crippen molar-refractivity contribution in [2.75, 3.05) is 0 Å². The minimum atomic E-state index is -0.433. The number of aryl methyl sites for hydroxylation is 1. The average molecular weight is 361 g/mol. The van der Waals surface area contributed by atoms with Crippen molar-refractivity contribution in [2.45, 2.75) is 0 Å². The summed E-state index contributed by atoms with van der Waals surface area (Å²) in [6, 6.07) is 8.11. The van der Waals surface area contributed by atoms with E-state index in [1.807, 2.05) is 7.05 Å². The summed E-state index contributed by atoms with van der Waals surface area (Å²) in [5.41, 5.74) is 2.02. The Labute approximate surface area is 146 Å². The normalized spacial score (nSPS) is 11.5. The van der Waals surface area contributed by atoms with Gasteiger partial charge in [-0.05, 0) is 18.2 Å². The molecule has 2 aromatic carbocycles. The molecule has 0 saturated heterocycles. The summed E-state index contributed by atoms with van der Waals surface area (Å²) in [4.78, 5) is 4.38. The third-order valence-corrected chi connectivity index (χ3v) is 4.94. The Morgan fingerprint density at radius 1 is 1.12 bits per heavy atom. The maximum absolute atomic E-state index is 14.6. The molecule has 0 amide bonds. The molecule has 0 aliphatic heterocycles. The molecule has 2 aromatic heterocycles. The Bertz CT molecular complexity index is 1120. The number of aromatic nitrogens is 2. The molecule has 4 rings (SSSR count). The number of pyridine rings is 1. The summed E-state index contributed by atoms with van der Waals surface area (Å²) in [7, 11) is 1.82. The van der Waals surface area contributed by atoms with Crippen molar-refractivity contribution in [1.29, 1.82) is 0 Å². The second-order valence-electron chi connectivity index (χ2n) is 5.57. The fourth-order valence-corrected chi connectivity index (χ4v) is 3.46. The first kappa shape index (κ1) is 15.2. The molecule has 0 aliphatic carbocycles. The monoisotopic (exact) mass is 360 g/mol. The highest BCUT2D eigenvalue weighted by molar-refractivity contribution is 6.44. The second-order valence-corrected chi connectivity index (χ2v) is 6.35. The van der Waals surface area contributed by atoms with Crippen molar-refractivity contribution in [2.24, 2.45) is 7.05 Å². The standard InChI is InChI=1S/C18H11Cl2FN2O/c1-23-8-14(24)11-7-22-17-10(18(11)23)5-6-13(21)15(17)9-3-2-4-12(19)16(9)20/h2-8,24H,1H3. The van der Waals surface area contributed by atoms with Gasteiger partial charge in [-0.1, -0.05) is 35.3 Å². The Hall–Kier alpha value is -2.30. The lowest BCUT2D eigenvalue weighted by molar-refractivity contribution is 0.479. The Balaban J connectivity index is 2.18. The van der Waals surface area contributed by atoms with Gasteiger partial charge in [0.05, 0.1) is 26.5 Å². The maximum atomic E-state index is 14.6. The molecule has 3 nitrogen and oxygen atoms in total. The first-order valence-electron chi connectivity index (χ1n) is 7.18. The van der Waals surface area contributed by atoms with E-state index in [-0.39, 0.29) is 10.8 Å². The zero-order valence-corrected chi connectivity index (χ0v) is 14.0. The van der Waals surface area contributed by atoms with Gasteiger partial charge in [0.25, 0.3) is 0 Å². The summed E-state index contributed by atoms with van der Waals surface area (Å²) in [5.74, 6) is -0.300. The minimum absolute atomic E-state index is 0.133. The molecule has 0 spiro atoms. The predicted molar refractivity (Wildman–Crippen MR) is 95.3 cm³/mol. The van der Waals surface area contributed by atoms with Gasteiger partial charge >= 0.3 is 0 Å². The number of aromatic hydroxyl groups is 1. The van der Waals surface area contributed by atoms with Gasteiger partial charge in [-0.15, -0.1) is 0 Å². The number of rotatable bonds is 1. The van der Waals surface area contributed by atoms with E-state index in [4.69, 9.17) is 23.2 Å². The number of nitrogens with zero attached hydrogens (tertiary/aromatic N) is 2. The molecule has 0 radical (unpaired) electrons. The molecule has 0 fully saturated rings. The van der Waals surface area contributed by atoms with Crippen LogP contribution in [-0.2, 0) is 7.05 Å². The van der Waals surface area contributed by atoms with Crippen LogP contribution in [0.25, 0.3) is 32.9 Å². The first-order valence-corrected chi connectivity index (χ1v) is 7.94. The van der Waals surface area contributed by atoms with E-state index in [0.29, 0.717) is 27.1 Å². The zero-order chi connectivity index (χ0) is 17.0. The largest absolute Gasteiger partial charge is 0.506 e. The SMILES string of the molecule is Cn1cc(O)c2cnc3c(-c4cccc(Cl)c4Cl)c(F)ccc3c21. The molecule has 120 valence electrons. The van der Waals surface area contributed by atoms with E-state index in [9.17, 15) is 9.50 Å². The van der Waals surface area contributed by atoms with Gasteiger partial charge in [0, 0.05) is 36.0 Å². The molecular formula is C18H11Cl2FN2O. The Kier molecular flexibility index (Phi) is 3.41. The van der Waals surface area contributed by atoms with E-state index >= 15 is 0 Å².